The number of carbonyl (C=O) groups is 2. The predicted octanol–water partition coefficient (Wildman–Crippen LogP) is 3.89. The summed E-state index contributed by atoms with van der Waals surface area (Å²) >= 11 is 0. The van der Waals surface area contributed by atoms with Crippen LogP contribution in [0.25, 0.3) is 0 Å². The van der Waals surface area contributed by atoms with E-state index in [-0.39, 0.29) is 25.0 Å². The van der Waals surface area contributed by atoms with E-state index in [9.17, 15) is 9.59 Å². The van der Waals surface area contributed by atoms with E-state index in [0.29, 0.717) is 45.0 Å². The van der Waals surface area contributed by atoms with Crippen molar-refractivity contribution in [2.24, 2.45) is 0 Å². The van der Waals surface area contributed by atoms with Crippen molar-refractivity contribution in [3.05, 3.63) is 95.9 Å². The average Bonchev–Trinajstić information content (AvgIpc) is 3.37. The van der Waals surface area contributed by atoms with Crippen LogP contribution in [0.2, 0.25) is 0 Å². The molecule has 0 fully saturated rings. The maximum Gasteiger partial charge on any atom is 0.249 e. The Kier molecular flexibility index (Phi) is 10.4. The Morgan fingerprint density at radius 2 is 1.53 bits per heavy atom. The molecule has 0 atom stereocenters. The molecule has 0 unspecified atom stereocenters. The molecule has 0 radical (unpaired) electrons. The fourth-order valence-corrected chi connectivity index (χ4v) is 3.50. The van der Waals surface area contributed by atoms with E-state index in [2.05, 4.69) is 0 Å². The van der Waals surface area contributed by atoms with Crippen LogP contribution in [0.15, 0.2) is 83.5 Å². The molecule has 0 bridgehead atoms. The summed E-state index contributed by atoms with van der Waals surface area (Å²) in [6, 6.07) is 23.1. The number of carbonyl (C=O) groups excluding carboxylic acids is 2. The molecule has 2 aromatic carbocycles. The summed E-state index contributed by atoms with van der Waals surface area (Å²) in [5.74, 6) is 0.305. The third kappa shape index (κ3) is 8.50. The minimum atomic E-state index is -0.224. The van der Waals surface area contributed by atoms with Gasteiger partial charge in [-0.15, -0.1) is 0 Å². The van der Waals surface area contributed by atoms with E-state index in [1.807, 2.05) is 66.7 Å². The first-order valence-electron chi connectivity index (χ1n) is 11.4. The van der Waals surface area contributed by atoms with Crippen LogP contribution < -0.4 is 0 Å². The van der Waals surface area contributed by atoms with Gasteiger partial charge in [-0.25, -0.2) is 0 Å². The number of rotatable bonds is 14. The number of hydrogen-bond donors (Lipinski definition) is 0. The SMILES string of the molecule is COCCCN(CC(=O)N(Cc1ccccc1)Cc1ccco1)C(=O)COCc1ccccc1. The average molecular weight is 465 g/mol. The number of methoxy groups -OCH3 is 1. The van der Waals surface area contributed by atoms with E-state index in [0.717, 1.165) is 11.1 Å². The molecule has 3 rings (SSSR count). The molecule has 0 spiro atoms. The lowest BCUT2D eigenvalue weighted by Gasteiger charge is -2.27. The van der Waals surface area contributed by atoms with E-state index in [1.54, 1.807) is 29.2 Å². The summed E-state index contributed by atoms with van der Waals surface area (Å²) in [7, 11) is 1.62. The number of amides is 2. The predicted molar refractivity (Wildman–Crippen MR) is 129 cm³/mol. The molecule has 0 aliphatic carbocycles. The van der Waals surface area contributed by atoms with Crippen LogP contribution in [0.4, 0.5) is 0 Å². The Hall–Kier alpha value is -3.42. The van der Waals surface area contributed by atoms with Gasteiger partial charge in [-0.1, -0.05) is 60.7 Å². The normalized spacial score (nSPS) is 10.7. The van der Waals surface area contributed by atoms with Crippen LogP contribution in [0.5, 0.6) is 0 Å². The molecule has 0 N–H and O–H groups in total. The van der Waals surface area contributed by atoms with Crippen LogP contribution in [-0.4, -0.2) is 55.0 Å². The summed E-state index contributed by atoms with van der Waals surface area (Å²) in [5, 5.41) is 0. The zero-order valence-electron chi connectivity index (χ0n) is 19.6. The fraction of sp³-hybridized carbons (Fsp3) is 0.333. The van der Waals surface area contributed by atoms with Gasteiger partial charge in [0.25, 0.3) is 0 Å². The van der Waals surface area contributed by atoms with Gasteiger partial charge >= 0.3 is 0 Å². The van der Waals surface area contributed by atoms with Crippen LogP contribution in [0.1, 0.15) is 23.3 Å². The monoisotopic (exact) mass is 464 g/mol. The van der Waals surface area contributed by atoms with Gasteiger partial charge in [-0.3, -0.25) is 9.59 Å². The molecule has 34 heavy (non-hydrogen) atoms. The van der Waals surface area contributed by atoms with Crippen molar-refractivity contribution in [3.8, 4) is 0 Å². The molecule has 1 aromatic heterocycles. The van der Waals surface area contributed by atoms with E-state index in [1.165, 1.54) is 0 Å². The van der Waals surface area contributed by atoms with Gasteiger partial charge in [0.05, 0.1) is 26.0 Å². The molecule has 1 heterocycles. The quantitative estimate of drug-likeness (QED) is 0.339. The van der Waals surface area contributed by atoms with Gasteiger partial charge in [0, 0.05) is 26.8 Å². The third-order valence-corrected chi connectivity index (χ3v) is 5.29. The number of nitrogens with zero attached hydrogens (tertiary/aromatic N) is 2. The molecule has 0 aliphatic rings. The minimum absolute atomic E-state index is 0.0369. The standard InChI is InChI=1S/C27H32N2O5/c1-32-16-9-15-28(27(31)22-33-21-24-12-6-3-7-13-24)20-26(30)29(19-25-14-8-17-34-25)18-23-10-4-2-5-11-23/h2-8,10-14,17H,9,15-16,18-22H2,1H3. The Morgan fingerprint density at radius 1 is 0.824 bits per heavy atom. The van der Waals surface area contributed by atoms with Crippen LogP contribution in [0.3, 0.4) is 0 Å². The van der Waals surface area contributed by atoms with Crippen molar-refractivity contribution in [1.82, 2.24) is 9.80 Å². The van der Waals surface area contributed by atoms with E-state index >= 15 is 0 Å². The van der Waals surface area contributed by atoms with Gasteiger partial charge in [-0.2, -0.15) is 0 Å². The summed E-state index contributed by atoms with van der Waals surface area (Å²) in [5.41, 5.74) is 2.00. The van der Waals surface area contributed by atoms with E-state index in [4.69, 9.17) is 13.9 Å². The first-order valence-corrected chi connectivity index (χ1v) is 11.4. The molecule has 3 aromatic rings. The Labute approximate surface area is 200 Å². The molecule has 7 nitrogen and oxygen atoms in total. The van der Waals surface area contributed by atoms with Gasteiger partial charge in [0.15, 0.2) is 0 Å². The number of ether oxygens (including phenoxy) is 2. The lowest BCUT2D eigenvalue weighted by molar-refractivity contribution is -0.144. The Morgan fingerprint density at radius 3 is 2.18 bits per heavy atom. The van der Waals surface area contributed by atoms with E-state index < -0.39 is 0 Å². The maximum absolute atomic E-state index is 13.3. The van der Waals surface area contributed by atoms with Crippen LogP contribution in [0, 0.1) is 0 Å². The molecular formula is C27H32N2O5. The zero-order chi connectivity index (χ0) is 24.0. The highest BCUT2D eigenvalue weighted by atomic mass is 16.5. The van der Waals surface area contributed by atoms with Crippen molar-refractivity contribution in [1.29, 1.82) is 0 Å². The molecule has 7 heteroatoms. The molecular weight excluding hydrogens is 432 g/mol. The van der Waals surface area contributed by atoms with Gasteiger partial charge in [-0.05, 0) is 29.7 Å². The summed E-state index contributed by atoms with van der Waals surface area (Å²) in [6.45, 7) is 1.87. The summed E-state index contributed by atoms with van der Waals surface area (Å²) < 4.78 is 16.2. The van der Waals surface area contributed by atoms with Crippen molar-refractivity contribution in [3.63, 3.8) is 0 Å². The van der Waals surface area contributed by atoms with Gasteiger partial charge < -0.3 is 23.7 Å². The van der Waals surface area contributed by atoms with Crippen molar-refractivity contribution < 1.29 is 23.5 Å². The highest BCUT2D eigenvalue weighted by Gasteiger charge is 2.22. The minimum Gasteiger partial charge on any atom is -0.467 e. The number of furan rings is 1. The second-order valence-corrected chi connectivity index (χ2v) is 7.95. The van der Waals surface area contributed by atoms with Crippen LogP contribution in [-0.2, 0) is 38.8 Å². The second-order valence-electron chi connectivity index (χ2n) is 7.95. The van der Waals surface area contributed by atoms with Crippen molar-refractivity contribution >= 4 is 11.8 Å². The molecule has 180 valence electrons. The smallest absolute Gasteiger partial charge is 0.249 e. The number of hydrogen-bond acceptors (Lipinski definition) is 5. The Balaban J connectivity index is 1.64. The lowest BCUT2D eigenvalue weighted by atomic mass is 10.2. The molecule has 0 saturated carbocycles. The lowest BCUT2D eigenvalue weighted by Crippen LogP contribution is -2.44. The number of benzene rings is 2. The highest BCUT2D eigenvalue weighted by molar-refractivity contribution is 5.85. The van der Waals surface area contributed by atoms with Crippen molar-refractivity contribution in [2.45, 2.75) is 26.1 Å². The van der Waals surface area contributed by atoms with Crippen LogP contribution >= 0.6 is 0 Å². The fourth-order valence-electron chi connectivity index (χ4n) is 3.50. The molecule has 0 saturated heterocycles. The second kappa shape index (κ2) is 14.0. The largest absolute Gasteiger partial charge is 0.467 e. The topological polar surface area (TPSA) is 72.2 Å². The summed E-state index contributed by atoms with van der Waals surface area (Å²) in [6.07, 6.45) is 2.22. The zero-order valence-corrected chi connectivity index (χ0v) is 19.6. The summed E-state index contributed by atoms with van der Waals surface area (Å²) in [4.78, 5) is 29.5. The highest BCUT2D eigenvalue weighted by Crippen LogP contribution is 2.12. The third-order valence-electron chi connectivity index (χ3n) is 5.29. The van der Waals surface area contributed by atoms with Gasteiger partial charge in [0.1, 0.15) is 12.4 Å². The van der Waals surface area contributed by atoms with Gasteiger partial charge in [0.2, 0.25) is 11.8 Å². The Bertz CT molecular complexity index is 977. The maximum atomic E-state index is 13.3. The first-order chi connectivity index (χ1) is 16.7. The first kappa shape index (κ1) is 25.2. The molecule has 2 amide bonds. The van der Waals surface area contributed by atoms with Crippen molar-refractivity contribution in [2.75, 3.05) is 33.4 Å². The molecule has 0 aliphatic heterocycles.